The number of phenols is 1. The van der Waals surface area contributed by atoms with Crippen LogP contribution >= 0.6 is 15.9 Å². The SMILES string of the molecule is C[C@@H](NC(=O)c1cc(Br)cnc1F)c1cc(O)cc(C(F)(F)F)c1. The highest BCUT2D eigenvalue weighted by molar-refractivity contribution is 9.10. The maximum atomic E-state index is 13.6. The van der Waals surface area contributed by atoms with Crippen molar-refractivity contribution in [2.45, 2.75) is 19.1 Å². The molecule has 1 heterocycles. The molecule has 0 saturated heterocycles. The lowest BCUT2D eigenvalue weighted by molar-refractivity contribution is -0.137. The first-order valence-electron chi connectivity index (χ1n) is 6.61. The van der Waals surface area contributed by atoms with Gasteiger partial charge in [0, 0.05) is 10.7 Å². The van der Waals surface area contributed by atoms with Gasteiger partial charge in [-0.15, -0.1) is 0 Å². The highest BCUT2D eigenvalue weighted by Gasteiger charge is 2.32. The minimum atomic E-state index is -4.64. The van der Waals surface area contributed by atoms with Gasteiger partial charge in [-0.25, -0.2) is 4.98 Å². The van der Waals surface area contributed by atoms with E-state index in [2.05, 4.69) is 26.2 Å². The number of aromatic hydroxyl groups is 1. The summed E-state index contributed by atoms with van der Waals surface area (Å²) in [6, 6.07) is 2.78. The van der Waals surface area contributed by atoms with E-state index < -0.39 is 35.4 Å². The number of amides is 1. The summed E-state index contributed by atoms with van der Waals surface area (Å²) in [5, 5.41) is 11.8. The molecule has 0 saturated carbocycles. The van der Waals surface area contributed by atoms with Crippen LogP contribution in [-0.2, 0) is 6.18 Å². The molecule has 1 aromatic carbocycles. The van der Waals surface area contributed by atoms with Crippen LogP contribution in [0.1, 0.15) is 34.5 Å². The van der Waals surface area contributed by atoms with E-state index in [4.69, 9.17) is 0 Å². The Bertz CT molecular complexity index is 781. The van der Waals surface area contributed by atoms with E-state index in [-0.39, 0.29) is 11.1 Å². The predicted octanol–water partition coefficient (Wildman–Crippen LogP) is 4.20. The third-order valence-electron chi connectivity index (χ3n) is 3.17. The Morgan fingerprint density at radius 2 is 1.96 bits per heavy atom. The van der Waals surface area contributed by atoms with Gasteiger partial charge in [-0.1, -0.05) is 0 Å². The van der Waals surface area contributed by atoms with Crippen molar-refractivity contribution in [1.82, 2.24) is 10.3 Å². The summed E-state index contributed by atoms with van der Waals surface area (Å²) in [6.45, 7) is 1.41. The third kappa shape index (κ3) is 4.22. The second kappa shape index (κ2) is 6.76. The topological polar surface area (TPSA) is 62.2 Å². The number of hydrogen-bond acceptors (Lipinski definition) is 3. The second-order valence-electron chi connectivity index (χ2n) is 5.00. The molecule has 4 nitrogen and oxygen atoms in total. The molecule has 1 amide bonds. The van der Waals surface area contributed by atoms with Crippen molar-refractivity contribution in [3.8, 4) is 5.75 Å². The number of benzene rings is 1. The lowest BCUT2D eigenvalue weighted by Gasteiger charge is -2.17. The zero-order valence-corrected chi connectivity index (χ0v) is 13.7. The van der Waals surface area contributed by atoms with E-state index >= 15 is 0 Å². The van der Waals surface area contributed by atoms with Crippen molar-refractivity contribution in [3.63, 3.8) is 0 Å². The Morgan fingerprint density at radius 3 is 2.58 bits per heavy atom. The number of hydrogen-bond donors (Lipinski definition) is 2. The van der Waals surface area contributed by atoms with Gasteiger partial charge in [0.15, 0.2) is 0 Å². The fraction of sp³-hybridized carbons (Fsp3) is 0.200. The molecule has 0 fully saturated rings. The number of carbonyl (C=O) groups excluding carboxylic acids is 1. The van der Waals surface area contributed by atoms with Crippen molar-refractivity contribution in [3.05, 3.63) is 57.6 Å². The molecule has 2 aromatic rings. The Labute approximate surface area is 142 Å². The molecule has 1 atom stereocenters. The van der Waals surface area contributed by atoms with Gasteiger partial charge in [-0.3, -0.25) is 4.79 Å². The first-order chi connectivity index (χ1) is 11.1. The number of rotatable bonds is 3. The molecule has 0 aliphatic rings. The molecule has 0 aliphatic heterocycles. The number of nitrogens with one attached hydrogen (secondary N) is 1. The zero-order chi connectivity index (χ0) is 18.1. The van der Waals surface area contributed by atoms with Crippen molar-refractivity contribution in [1.29, 1.82) is 0 Å². The lowest BCUT2D eigenvalue weighted by atomic mass is 10.0. The first-order valence-corrected chi connectivity index (χ1v) is 7.40. The van der Waals surface area contributed by atoms with Crippen molar-refractivity contribution in [2.24, 2.45) is 0 Å². The number of halogens is 5. The van der Waals surface area contributed by atoms with E-state index in [9.17, 15) is 27.5 Å². The number of carbonyl (C=O) groups is 1. The van der Waals surface area contributed by atoms with E-state index in [1.165, 1.54) is 19.2 Å². The van der Waals surface area contributed by atoms with E-state index in [1.807, 2.05) is 0 Å². The largest absolute Gasteiger partial charge is 0.508 e. The molecule has 2 rings (SSSR count). The summed E-state index contributed by atoms with van der Waals surface area (Å²) in [5.41, 5.74) is -1.37. The monoisotopic (exact) mass is 406 g/mol. The van der Waals surface area contributed by atoms with E-state index in [0.29, 0.717) is 10.5 Å². The summed E-state index contributed by atoms with van der Waals surface area (Å²) in [4.78, 5) is 15.4. The maximum Gasteiger partial charge on any atom is 0.416 e. The molecular weight excluding hydrogens is 396 g/mol. The quantitative estimate of drug-likeness (QED) is 0.593. The van der Waals surface area contributed by atoms with Gasteiger partial charge in [-0.2, -0.15) is 17.6 Å². The fourth-order valence-electron chi connectivity index (χ4n) is 1.99. The summed E-state index contributed by atoms with van der Waals surface area (Å²) in [6.07, 6.45) is -3.47. The number of aromatic nitrogens is 1. The van der Waals surface area contributed by atoms with Crippen molar-refractivity contribution in [2.75, 3.05) is 0 Å². The van der Waals surface area contributed by atoms with Crippen molar-refractivity contribution < 1.29 is 27.5 Å². The molecule has 0 radical (unpaired) electrons. The van der Waals surface area contributed by atoms with Crippen LogP contribution < -0.4 is 5.32 Å². The Morgan fingerprint density at radius 1 is 1.29 bits per heavy atom. The molecule has 2 N–H and O–H groups in total. The van der Waals surface area contributed by atoms with E-state index in [0.717, 1.165) is 12.1 Å². The molecule has 0 unspecified atom stereocenters. The highest BCUT2D eigenvalue weighted by atomic mass is 79.9. The summed E-state index contributed by atoms with van der Waals surface area (Å²) in [7, 11) is 0. The second-order valence-corrected chi connectivity index (χ2v) is 5.91. The number of phenolic OH excluding ortho intramolecular Hbond substituents is 1. The molecular formula is C15H11BrF4N2O2. The van der Waals surface area contributed by atoms with Gasteiger partial charge in [-0.05, 0) is 52.7 Å². The average Bonchev–Trinajstić information content (AvgIpc) is 2.48. The van der Waals surface area contributed by atoms with Crippen LogP contribution in [-0.4, -0.2) is 16.0 Å². The van der Waals surface area contributed by atoms with Gasteiger partial charge in [0.2, 0.25) is 5.95 Å². The molecule has 1 aromatic heterocycles. The van der Waals surface area contributed by atoms with E-state index in [1.54, 1.807) is 0 Å². The summed E-state index contributed by atoms with van der Waals surface area (Å²) < 4.78 is 52.3. The van der Waals surface area contributed by atoms with Gasteiger partial charge in [0.05, 0.1) is 17.2 Å². The molecule has 0 spiro atoms. The number of pyridine rings is 1. The van der Waals surface area contributed by atoms with Crippen LogP contribution in [0.3, 0.4) is 0 Å². The van der Waals surface area contributed by atoms with Gasteiger partial charge >= 0.3 is 6.18 Å². The van der Waals surface area contributed by atoms with Crippen LogP contribution in [0.5, 0.6) is 5.75 Å². The molecule has 9 heteroatoms. The van der Waals surface area contributed by atoms with Gasteiger partial charge in [0.25, 0.3) is 5.91 Å². The smallest absolute Gasteiger partial charge is 0.416 e. The zero-order valence-electron chi connectivity index (χ0n) is 12.2. The lowest BCUT2D eigenvalue weighted by Crippen LogP contribution is -2.28. The normalized spacial score (nSPS) is 12.8. The standard InChI is InChI=1S/C15H11BrF4N2O2/c1-7(8-2-9(15(18,19)20)4-11(23)3-8)22-14(24)12-5-10(16)6-21-13(12)17/h2-7,23H,1H3,(H,22,24)/t7-/m1/s1. The van der Waals surface area contributed by atoms with Crippen LogP contribution in [0.4, 0.5) is 17.6 Å². The summed E-state index contributed by atoms with van der Waals surface area (Å²) >= 11 is 3.05. The number of alkyl halides is 3. The molecule has 0 bridgehead atoms. The third-order valence-corrected chi connectivity index (χ3v) is 3.60. The number of nitrogens with zero attached hydrogens (tertiary/aromatic N) is 1. The Balaban J connectivity index is 2.26. The fourth-order valence-corrected chi connectivity index (χ4v) is 2.32. The van der Waals surface area contributed by atoms with Crippen LogP contribution in [0.2, 0.25) is 0 Å². The van der Waals surface area contributed by atoms with Crippen LogP contribution in [0, 0.1) is 5.95 Å². The Hall–Kier alpha value is -2.16. The molecule has 0 aliphatic carbocycles. The summed E-state index contributed by atoms with van der Waals surface area (Å²) in [5.74, 6) is -2.43. The van der Waals surface area contributed by atoms with Crippen LogP contribution in [0.15, 0.2) is 34.9 Å². The predicted molar refractivity (Wildman–Crippen MR) is 80.9 cm³/mol. The minimum absolute atomic E-state index is 0.0269. The van der Waals surface area contributed by atoms with Crippen LogP contribution in [0.25, 0.3) is 0 Å². The minimum Gasteiger partial charge on any atom is -0.508 e. The maximum absolute atomic E-state index is 13.6. The highest BCUT2D eigenvalue weighted by Crippen LogP contribution is 2.33. The van der Waals surface area contributed by atoms with Gasteiger partial charge < -0.3 is 10.4 Å². The Kier molecular flexibility index (Phi) is 5.12. The average molecular weight is 407 g/mol. The first kappa shape index (κ1) is 18.2. The van der Waals surface area contributed by atoms with Crippen molar-refractivity contribution >= 4 is 21.8 Å². The molecule has 128 valence electrons. The van der Waals surface area contributed by atoms with Gasteiger partial charge in [0.1, 0.15) is 5.75 Å². The molecule has 24 heavy (non-hydrogen) atoms.